The summed E-state index contributed by atoms with van der Waals surface area (Å²) in [5.41, 5.74) is 4.16. The average Bonchev–Trinajstić information content (AvgIpc) is 2.39. The minimum atomic E-state index is -0.123. The molecule has 5 heteroatoms. The van der Waals surface area contributed by atoms with E-state index in [-0.39, 0.29) is 11.3 Å². The Labute approximate surface area is 103 Å². The molecular formula is C11H11N3S2. The fourth-order valence-electron chi connectivity index (χ4n) is 1.50. The molecule has 1 aromatic carbocycles. The minimum absolute atomic E-state index is 0.0212. The summed E-state index contributed by atoms with van der Waals surface area (Å²) < 4.78 is 0.915. The molecule has 2 rings (SSSR count). The average molecular weight is 249 g/mol. The first-order valence-electron chi connectivity index (χ1n) is 4.83. The summed E-state index contributed by atoms with van der Waals surface area (Å²) in [5, 5.41) is 13.3. The molecule has 0 saturated heterocycles. The lowest BCUT2D eigenvalue weighted by molar-refractivity contribution is 0.575. The van der Waals surface area contributed by atoms with E-state index >= 15 is 0 Å². The number of hydrazone groups is 1. The molecule has 1 N–H and O–H groups in total. The fourth-order valence-corrected chi connectivity index (χ4v) is 3.07. The van der Waals surface area contributed by atoms with Crippen molar-refractivity contribution in [1.82, 2.24) is 5.43 Å². The van der Waals surface area contributed by atoms with Crippen molar-refractivity contribution in [3.05, 3.63) is 35.9 Å². The summed E-state index contributed by atoms with van der Waals surface area (Å²) in [6.07, 6.45) is 1.96. The smallest absolute Gasteiger partial charge is 0.150 e. The maximum absolute atomic E-state index is 9.16. The van der Waals surface area contributed by atoms with Crippen LogP contribution < -0.4 is 5.43 Å². The highest BCUT2D eigenvalue weighted by molar-refractivity contribution is 8.39. The Balaban J connectivity index is 2.23. The zero-order valence-corrected chi connectivity index (χ0v) is 10.4. The van der Waals surface area contributed by atoms with Crippen LogP contribution in [0, 0.1) is 11.3 Å². The molecule has 0 aromatic heterocycles. The second kappa shape index (κ2) is 5.28. The molecule has 0 saturated carbocycles. The van der Waals surface area contributed by atoms with E-state index in [1.807, 2.05) is 36.6 Å². The van der Waals surface area contributed by atoms with E-state index in [9.17, 15) is 0 Å². The molecule has 1 aromatic rings. The van der Waals surface area contributed by atoms with Gasteiger partial charge in [0.1, 0.15) is 5.25 Å². The second-order valence-electron chi connectivity index (χ2n) is 3.27. The van der Waals surface area contributed by atoms with E-state index in [1.54, 1.807) is 11.8 Å². The topological polar surface area (TPSA) is 48.2 Å². The van der Waals surface area contributed by atoms with Crippen LogP contribution in [0.25, 0.3) is 0 Å². The van der Waals surface area contributed by atoms with Crippen LogP contribution in [-0.4, -0.2) is 15.9 Å². The number of benzene rings is 1. The van der Waals surface area contributed by atoms with E-state index in [0.717, 1.165) is 9.94 Å². The molecule has 0 radical (unpaired) electrons. The quantitative estimate of drug-likeness (QED) is 0.831. The van der Waals surface area contributed by atoms with Crippen molar-refractivity contribution in [2.24, 2.45) is 5.10 Å². The Bertz CT molecular complexity index is 425. The van der Waals surface area contributed by atoms with Gasteiger partial charge < -0.3 is 0 Å². The van der Waals surface area contributed by atoms with Crippen molar-refractivity contribution in [2.75, 3.05) is 6.26 Å². The Morgan fingerprint density at radius 3 is 2.81 bits per heavy atom. The van der Waals surface area contributed by atoms with E-state index in [1.165, 1.54) is 11.8 Å². The minimum Gasteiger partial charge on any atom is -0.299 e. The SMILES string of the molecule is CSC1=NN[C@@H](c2ccccc2)[C@H](C#N)S1. The van der Waals surface area contributed by atoms with Gasteiger partial charge in [-0.05, 0) is 11.8 Å². The highest BCUT2D eigenvalue weighted by atomic mass is 32.2. The third kappa shape index (κ3) is 2.34. The number of hydrogen-bond donors (Lipinski definition) is 1. The summed E-state index contributed by atoms with van der Waals surface area (Å²) >= 11 is 3.09. The summed E-state index contributed by atoms with van der Waals surface area (Å²) in [4.78, 5) is 0. The van der Waals surface area contributed by atoms with Crippen molar-refractivity contribution >= 4 is 27.9 Å². The second-order valence-corrected chi connectivity index (χ2v) is 5.45. The van der Waals surface area contributed by atoms with Crippen LogP contribution in [0.3, 0.4) is 0 Å². The summed E-state index contributed by atoms with van der Waals surface area (Å²) in [6, 6.07) is 12.3. The van der Waals surface area contributed by atoms with Gasteiger partial charge in [0.2, 0.25) is 0 Å². The van der Waals surface area contributed by atoms with Gasteiger partial charge in [-0.2, -0.15) is 10.4 Å². The van der Waals surface area contributed by atoms with Gasteiger partial charge in [-0.25, -0.2) is 0 Å². The molecule has 3 nitrogen and oxygen atoms in total. The van der Waals surface area contributed by atoms with Gasteiger partial charge in [0.05, 0.1) is 12.1 Å². The highest BCUT2D eigenvalue weighted by Gasteiger charge is 2.28. The number of nitriles is 1. The van der Waals surface area contributed by atoms with Crippen LogP contribution in [-0.2, 0) is 0 Å². The normalized spacial score (nSPS) is 24.1. The first-order valence-corrected chi connectivity index (χ1v) is 6.94. The Kier molecular flexibility index (Phi) is 3.75. The third-order valence-electron chi connectivity index (χ3n) is 2.29. The van der Waals surface area contributed by atoms with Crippen LogP contribution in [0.15, 0.2) is 35.4 Å². The van der Waals surface area contributed by atoms with E-state index < -0.39 is 0 Å². The van der Waals surface area contributed by atoms with Gasteiger partial charge in [-0.15, -0.1) is 11.8 Å². The molecule has 0 spiro atoms. The van der Waals surface area contributed by atoms with Gasteiger partial charge >= 0.3 is 0 Å². The summed E-state index contributed by atoms with van der Waals surface area (Å²) in [7, 11) is 0. The van der Waals surface area contributed by atoms with Gasteiger partial charge in [-0.3, -0.25) is 5.43 Å². The first kappa shape index (κ1) is 11.4. The molecule has 0 unspecified atom stereocenters. The predicted octanol–water partition coefficient (Wildman–Crippen LogP) is 2.59. The molecule has 0 aliphatic carbocycles. The van der Waals surface area contributed by atoms with Crippen LogP contribution in [0.5, 0.6) is 0 Å². The van der Waals surface area contributed by atoms with Crippen LogP contribution in [0.1, 0.15) is 11.6 Å². The van der Waals surface area contributed by atoms with Crippen LogP contribution in [0.2, 0.25) is 0 Å². The molecule has 1 heterocycles. The molecule has 0 bridgehead atoms. The van der Waals surface area contributed by atoms with Crippen molar-refractivity contribution in [1.29, 1.82) is 5.26 Å². The predicted molar refractivity (Wildman–Crippen MR) is 70.3 cm³/mol. The zero-order valence-electron chi connectivity index (χ0n) is 8.75. The van der Waals surface area contributed by atoms with Gasteiger partial charge in [0.25, 0.3) is 0 Å². The molecule has 0 fully saturated rings. The molecule has 2 atom stereocenters. The number of hydrogen-bond acceptors (Lipinski definition) is 5. The Hall–Kier alpha value is -1.12. The lowest BCUT2D eigenvalue weighted by Crippen LogP contribution is -2.30. The van der Waals surface area contributed by atoms with E-state index in [2.05, 4.69) is 16.6 Å². The first-order chi connectivity index (χ1) is 7.85. The maximum Gasteiger partial charge on any atom is 0.150 e. The lowest BCUT2D eigenvalue weighted by Gasteiger charge is -2.26. The monoisotopic (exact) mass is 249 g/mol. The highest BCUT2D eigenvalue weighted by Crippen LogP contribution is 2.33. The maximum atomic E-state index is 9.16. The molecule has 16 heavy (non-hydrogen) atoms. The van der Waals surface area contributed by atoms with Crippen molar-refractivity contribution < 1.29 is 0 Å². The number of rotatable bonds is 1. The lowest BCUT2D eigenvalue weighted by atomic mass is 10.1. The zero-order chi connectivity index (χ0) is 11.4. The molecule has 0 amide bonds. The number of thioether (sulfide) groups is 2. The summed E-state index contributed by atoms with van der Waals surface area (Å²) in [5.74, 6) is 0. The van der Waals surface area contributed by atoms with Gasteiger partial charge in [0, 0.05) is 0 Å². The standard InChI is InChI=1S/C11H11N3S2/c1-15-11-14-13-10(9(7-12)16-11)8-5-3-2-4-6-8/h2-6,9-10,13H,1H3/t9-,10-/m0/s1. The molecular weight excluding hydrogens is 238 g/mol. The largest absolute Gasteiger partial charge is 0.299 e. The number of nitrogens with zero attached hydrogens (tertiary/aromatic N) is 2. The van der Waals surface area contributed by atoms with Crippen molar-refractivity contribution in [2.45, 2.75) is 11.3 Å². The fraction of sp³-hybridized carbons (Fsp3) is 0.273. The van der Waals surface area contributed by atoms with Crippen LogP contribution >= 0.6 is 23.5 Å². The Morgan fingerprint density at radius 2 is 2.19 bits per heavy atom. The molecule has 82 valence electrons. The van der Waals surface area contributed by atoms with Crippen molar-refractivity contribution in [3.63, 3.8) is 0 Å². The van der Waals surface area contributed by atoms with Gasteiger partial charge in [-0.1, -0.05) is 42.1 Å². The number of nitrogens with one attached hydrogen (secondary N) is 1. The van der Waals surface area contributed by atoms with Crippen molar-refractivity contribution in [3.8, 4) is 6.07 Å². The van der Waals surface area contributed by atoms with E-state index in [4.69, 9.17) is 5.26 Å². The Morgan fingerprint density at radius 1 is 1.44 bits per heavy atom. The van der Waals surface area contributed by atoms with E-state index in [0.29, 0.717) is 0 Å². The molecule has 1 aliphatic rings. The molecule has 1 aliphatic heterocycles. The van der Waals surface area contributed by atoms with Crippen LogP contribution in [0.4, 0.5) is 0 Å². The van der Waals surface area contributed by atoms with Gasteiger partial charge in [0.15, 0.2) is 4.38 Å². The third-order valence-corrected chi connectivity index (χ3v) is 4.44. The summed E-state index contributed by atoms with van der Waals surface area (Å²) in [6.45, 7) is 0.